The first-order valence-electron chi connectivity index (χ1n) is 4.11. The van der Waals surface area contributed by atoms with Crippen LogP contribution in [0.25, 0.3) is 0 Å². The second kappa shape index (κ2) is 3.97. The fourth-order valence-corrected chi connectivity index (χ4v) is 1.27. The van der Waals surface area contributed by atoms with Crippen LogP contribution in [0, 0.1) is 5.41 Å². The molecule has 1 nitrogen and oxygen atoms in total. The minimum Gasteiger partial charge on any atom is -0.381 e. The Labute approximate surface area is 64.8 Å². The summed E-state index contributed by atoms with van der Waals surface area (Å²) in [5.41, 5.74) is 0.337. The molecule has 0 aliphatic carbocycles. The van der Waals surface area contributed by atoms with E-state index in [9.17, 15) is 0 Å². The summed E-state index contributed by atoms with van der Waals surface area (Å²) in [6.07, 6.45) is 2.70. The van der Waals surface area contributed by atoms with Gasteiger partial charge in [0.15, 0.2) is 0 Å². The number of rotatable bonds is 4. The predicted molar refractivity (Wildman–Crippen MR) is 45.2 cm³/mol. The van der Waals surface area contributed by atoms with Gasteiger partial charge >= 0.3 is 0 Å². The second-order valence-electron chi connectivity index (χ2n) is 3.47. The van der Waals surface area contributed by atoms with Crippen molar-refractivity contribution in [1.82, 2.24) is 0 Å². The minimum absolute atomic E-state index is 0.337. The van der Waals surface area contributed by atoms with Gasteiger partial charge in [-0.25, -0.2) is 0 Å². The third kappa shape index (κ3) is 2.30. The fourth-order valence-electron chi connectivity index (χ4n) is 1.27. The summed E-state index contributed by atoms with van der Waals surface area (Å²) in [7, 11) is 1.80. The molecule has 0 radical (unpaired) electrons. The molecule has 0 N–H and O–H groups in total. The molecule has 0 heterocycles. The van der Waals surface area contributed by atoms with Gasteiger partial charge in [0.2, 0.25) is 0 Å². The standard InChI is InChI=1S/C9H20O/c1-6-8(10-5)9(3,4)7-2/h8H,6-7H2,1-5H3/t8-/m1/s1. The lowest BCUT2D eigenvalue weighted by atomic mass is 9.82. The Hall–Kier alpha value is -0.0400. The normalized spacial score (nSPS) is 15.3. The third-order valence-corrected chi connectivity index (χ3v) is 2.44. The molecule has 10 heavy (non-hydrogen) atoms. The van der Waals surface area contributed by atoms with Crippen molar-refractivity contribution in [2.45, 2.75) is 46.6 Å². The smallest absolute Gasteiger partial charge is 0.0619 e. The Balaban J connectivity index is 3.97. The molecule has 0 rings (SSSR count). The van der Waals surface area contributed by atoms with Crippen LogP contribution in [0.1, 0.15) is 40.5 Å². The van der Waals surface area contributed by atoms with Crippen molar-refractivity contribution in [3.63, 3.8) is 0 Å². The summed E-state index contributed by atoms with van der Waals surface area (Å²) in [5, 5.41) is 0. The lowest BCUT2D eigenvalue weighted by molar-refractivity contribution is 0.00247. The van der Waals surface area contributed by atoms with Gasteiger partial charge in [-0.05, 0) is 18.3 Å². The summed E-state index contributed by atoms with van der Waals surface area (Å²) in [5.74, 6) is 0. The van der Waals surface area contributed by atoms with Crippen LogP contribution in [0.5, 0.6) is 0 Å². The van der Waals surface area contributed by atoms with Crippen LogP contribution in [0.2, 0.25) is 0 Å². The first-order valence-corrected chi connectivity index (χ1v) is 4.11. The third-order valence-electron chi connectivity index (χ3n) is 2.44. The molecule has 0 saturated heterocycles. The van der Waals surface area contributed by atoms with E-state index in [1.807, 2.05) is 0 Å². The molecule has 0 aliphatic rings. The van der Waals surface area contributed by atoms with Crippen molar-refractivity contribution in [3.8, 4) is 0 Å². The Morgan fingerprint density at radius 2 is 1.80 bits per heavy atom. The van der Waals surface area contributed by atoms with Crippen molar-refractivity contribution in [1.29, 1.82) is 0 Å². The maximum Gasteiger partial charge on any atom is 0.0619 e. The Morgan fingerprint density at radius 3 is 1.90 bits per heavy atom. The molecule has 1 heteroatoms. The molecular weight excluding hydrogens is 124 g/mol. The van der Waals surface area contributed by atoms with Crippen LogP contribution < -0.4 is 0 Å². The molecule has 0 saturated carbocycles. The van der Waals surface area contributed by atoms with Gasteiger partial charge in [0.25, 0.3) is 0 Å². The predicted octanol–water partition coefficient (Wildman–Crippen LogP) is 2.85. The van der Waals surface area contributed by atoms with Crippen LogP contribution in [-0.4, -0.2) is 13.2 Å². The molecule has 0 aliphatic heterocycles. The zero-order valence-electron chi connectivity index (χ0n) is 7.90. The van der Waals surface area contributed by atoms with Crippen molar-refractivity contribution in [3.05, 3.63) is 0 Å². The molecule has 0 unspecified atom stereocenters. The zero-order valence-corrected chi connectivity index (χ0v) is 7.90. The summed E-state index contributed by atoms with van der Waals surface area (Å²) in [4.78, 5) is 0. The molecule has 62 valence electrons. The van der Waals surface area contributed by atoms with E-state index in [0.717, 1.165) is 6.42 Å². The highest BCUT2D eigenvalue weighted by molar-refractivity contribution is 4.75. The average Bonchev–Trinajstić information content (AvgIpc) is 1.90. The van der Waals surface area contributed by atoms with Crippen LogP contribution >= 0.6 is 0 Å². The monoisotopic (exact) mass is 144 g/mol. The van der Waals surface area contributed by atoms with Gasteiger partial charge in [0.05, 0.1) is 6.10 Å². The van der Waals surface area contributed by atoms with E-state index in [1.54, 1.807) is 7.11 Å². The van der Waals surface area contributed by atoms with Crippen LogP contribution in [0.4, 0.5) is 0 Å². The van der Waals surface area contributed by atoms with Gasteiger partial charge in [0.1, 0.15) is 0 Å². The van der Waals surface area contributed by atoms with Gasteiger partial charge in [-0.3, -0.25) is 0 Å². The number of ether oxygens (including phenoxy) is 1. The molecule has 0 aromatic rings. The quantitative estimate of drug-likeness (QED) is 0.589. The SMILES string of the molecule is CC[C@@H](OC)C(C)(C)CC. The Kier molecular flexibility index (Phi) is 3.95. The largest absolute Gasteiger partial charge is 0.381 e. The maximum absolute atomic E-state index is 5.36. The van der Waals surface area contributed by atoms with E-state index in [2.05, 4.69) is 27.7 Å². The minimum atomic E-state index is 0.337. The van der Waals surface area contributed by atoms with Gasteiger partial charge in [-0.2, -0.15) is 0 Å². The van der Waals surface area contributed by atoms with Crippen LogP contribution in [0.3, 0.4) is 0 Å². The summed E-state index contributed by atoms with van der Waals surface area (Å²) >= 11 is 0. The maximum atomic E-state index is 5.36. The van der Waals surface area contributed by atoms with Crippen LogP contribution in [-0.2, 0) is 4.74 Å². The van der Waals surface area contributed by atoms with Gasteiger partial charge < -0.3 is 4.74 Å². The zero-order chi connectivity index (χ0) is 8.20. The molecule has 0 aromatic carbocycles. The first kappa shape index (κ1) is 9.96. The Bertz CT molecular complexity index is 82.7. The second-order valence-corrected chi connectivity index (χ2v) is 3.47. The molecule has 0 aromatic heterocycles. The average molecular weight is 144 g/mol. The summed E-state index contributed by atoms with van der Waals surface area (Å²) in [6, 6.07) is 0. The topological polar surface area (TPSA) is 9.23 Å². The highest BCUT2D eigenvalue weighted by Gasteiger charge is 2.25. The van der Waals surface area contributed by atoms with Crippen molar-refractivity contribution in [2.75, 3.05) is 7.11 Å². The molecule has 0 amide bonds. The highest BCUT2D eigenvalue weighted by atomic mass is 16.5. The molecule has 0 fully saturated rings. The Morgan fingerprint density at radius 1 is 1.30 bits per heavy atom. The van der Waals surface area contributed by atoms with E-state index in [4.69, 9.17) is 4.74 Å². The van der Waals surface area contributed by atoms with E-state index < -0.39 is 0 Å². The van der Waals surface area contributed by atoms with Gasteiger partial charge in [-0.15, -0.1) is 0 Å². The fraction of sp³-hybridized carbons (Fsp3) is 1.00. The van der Waals surface area contributed by atoms with E-state index in [-0.39, 0.29) is 0 Å². The first-order chi connectivity index (χ1) is 4.58. The number of hydrogen-bond acceptors (Lipinski definition) is 1. The molecule has 1 atom stereocenters. The molecule has 0 spiro atoms. The summed E-state index contributed by atoms with van der Waals surface area (Å²) in [6.45, 7) is 8.89. The number of methoxy groups -OCH3 is 1. The van der Waals surface area contributed by atoms with E-state index in [1.165, 1.54) is 6.42 Å². The van der Waals surface area contributed by atoms with Gasteiger partial charge in [0, 0.05) is 7.11 Å². The highest BCUT2D eigenvalue weighted by Crippen LogP contribution is 2.28. The van der Waals surface area contributed by atoms with Crippen molar-refractivity contribution in [2.24, 2.45) is 5.41 Å². The lowest BCUT2D eigenvalue weighted by Crippen LogP contribution is -2.29. The lowest BCUT2D eigenvalue weighted by Gasteiger charge is -2.31. The van der Waals surface area contributed by atoms with Gasteiger partial charge in [-0.1, -0.05) is 27.7 Å². The van der Waals surface area contributed by atoms with Crippen LogP contribution in [0.15, 0.2) is 0 Å². The number of hydrogen-bond donors (Lipinski definition) is 0. The summed E-state index contributed by atoms with van der Waals surface area (Å²) < 4.78 is 5.36. The van der Waals surface area contributed by atoms with Crippen molar-refractivity contribution < 1.29 is 4.74 Å². The van der Waals surface area contributed by atoms with E-state index >= 15 is 0 Å². The molecule has 0 bridgehead atoms. The van der Waals surface area contributed by atoms with Crippen molar-refractivity contribution >= 4 is 0 Å². The van der Waals surface area contributed by atoms with E-state index in [0.29, 0.717) is 11.5 Å². The molecular formula is C9H20O.